The molecule has 0 aliphatic carbocycles. The van der Waals surface area contributed by atoms with Crippen molar-refractivity contribution in [2.24, 2.45) is 5.73 Å². The van der Waals surface area contributed by atoms with Crippen LogP contribution in [0.4, 0.5) is 0 Å². The quantitative estimate of drug-likeness (QED) is 0.821. The van der Waals surface area contributed by atoms with Crippen molar-refractivity contribution in [3.8, 4) is 11.4 Å². The third kappa shape index (κ3) is 2.38. The first-order chi connectivity index (χ1) is 7.75. The summed E-state index contributed by atoms with van der Waals surface area (Å²) in [7, 11) is 0. The van der Waals surface area contributed by atoms with E-state index in [0.717, 1.165) is 5.69 Å². The molecule has 0 fully saturated rings. The minimum atomic E-state index is -0.507. The number of hydrogen-bond acceptors (Lipinski definition) is 3. The Hall–Kier alpha value is -2.30. The molecule has 0 atom stereocenters. The van der Waals surface area contributed by atoms with Gasteiger partial charge in [0.05, 0.1) is 18.1 Å². The van der Waals surface area contributed by atoms with Gasteiger partial charge in [-0.2, -0.15) is 5.10 Å². The zero-order chi connectivity index (χ0) is 11.4. The van der Waals surface area contributed by atoms with E-state index < -0.39 is 5.91 Å². The number of primary amides is 1. The molecule has 2 aromatic rings. The van der Waals surface area contributed by atoms with Crippen LogP contribution in [-0.2, 0) is 4.79 Å². The third-order valence-corrected chi connectivity index (χ3v) is 1.96. The summed E-state index contributed by atoms with van der Waals surface area (Å²) in [5, 5.41) is 4.10. The monoisotopic (exact) mass is 217 g/mol. The summed E-state index contributed by atoms with van der Waals surface area (Å²) in [6.07, 6.45) is 3.23. The van der Waals surface area contributed by atoms with Crippen LogP contribution in [0.15, 0.2) is 42.7 Å². The molecule has 0 aliphatic heterocycles. The smallest absolute Gasteiger partial charge is 0.255 e. The zero-order valence-electron chi connectivity index (χ0n) is 8.54. The van der Waals surface area contributed by atoms with Gasteiger partial charge in [-0.3, -0.25) is 4.79 Å². The van der Waals surface area contributed by atoms with Gasteiger partial charge in [0.15, 0.2) is 12.4 Å². The number of benzene rings is 1. The molecule has 0 aliphatic rings. The average Bonchev–Trinajstić information content (AvgIpc) is 2.76. The minimum absolute atomic E-state index is 0.138. The molecule has 2 N–H and O–H groups in total. The summed E-state index contributed by atoms with van der Waals surface area (Å²) in [5.74, 6) is 0.00936. The summed E-state index contributed by atoms with van der Waals surface area (Å²) in [6.45, 7) is -0.138. The fourth-order valence-electron chi connectivity index (χ4n) is 1.26. The summed E-state index contributed by atoms with van der Waals surface area (Å²) in [4.78, 5) is 10.5. The fourth-order valence-corrected chi connectivity index (χ4v) is 1.26. The van der Waals surface area contributed by atoms with Crippen LogP contribution in [0.3, 0.4) is 0 Å². The Morgan fingerprint density at radius 1 is 1.38 bits per heavy atom. The summed E-state index contributed by atoms with van der Waals surface area (Å²) in [5.41, 5.74) is 5.89. The Morgan fingerprint density at radius 3 is 2.81 bits per heavy atom. The topological polar surface area (TPSA) is 70.1 Å². The van der Waals surface area contributed by atoms with Crippen LogP contribution >= 0.6 is 0 Å². The number of hydrogen-bond donors (Lipinski definition) is 1. The van der Waals surface area contributed by atoms with E-state index >= 15 is 0 Å². The highest BCUT2D eigenvalue weighted by molar-refractivity contribution is 5.75. The standard InChI is InChI=1S/C11H11N3O2/c12-11(15)8-16-10-6-13-14(7-10)9-4-2-1-3-5-9/h1-7H,8H2,(H2,12,15). The first-order valence-electron chi connectivity index (χ1n) is 4.77. The van der Waals surface area contributed by atoms with Gasteiger partial charge in [-0.25, -0.2) is 4.68 Å². The van der Waals surface area contributed by atoms with Crippen LogP contribution < -0.4 is 10.5 Å². The number of ether oxygens (including phenoxy) is 1. The van der Waals surface area contributed by atoms with Crippen molar-refractivity contribution >= 4 is 5.91 Å². The van der Waals surface area contributed by atoms with Crippen LogP contribution in [0.25, 0.3) is 5.69 Å². The van der Waals surface area contributed by atoms with Crippen molar-refractivity contribution in [2.45, 2.75) is 0 Å². The average molecular weight is 217 g/mol. The Bertz CT molecular complexity index is 479. The van der Waals surface area contributed by atoms with Gasteiger partial charge in [0.25, 0.3) is 5.91 Å². The maximum absolute atomic E-state index is 10.5. The molecule has 2 rings (SSSR count). The van der Waals surface area contributed by atoms with E-state index in [9.17, 15) is 4.79 Å². The number of para-hydroxylation sites is 1. The number of nitrogens with two attached hydrogens (primary N) is 1. The summed E-state index contributed by atoms with van der Waals surface area (Å²) in [6, 6.07) is 9.61. The maximum atomic E-state index is 10.5. The first kappa shape index (κ1) is 10.2. The van der Waals surface area contributed by atoms with Gasteiger partial charge >= 0.3 is 0 Å². The van der Waals surface area contributed by atoms with Crippen molar-refractivity contribution in [3.05, 3.63) is 42.7 Å². The normalized spacial score (nSPS) is 10.0. The Balaban J connectivity index is 2.11. The van der Waals surface area contributed by atoms with Crippen molar-refractivity contribution in [1.82, 2.24) is 9.78 Å². The second kappa shape index (κ2) is 4.48. The maximum Gasteiger partial charge on any atom is 0.255 e. The number of nitrogens with zero attached hydrogens (tertiary/aromatic N) is 2. The molecule has 16 heavy (non-hydrogen) atoms. The third-order valence-electron chi connectivity index (χ3n) is 1.96. The molecule has 0 unspecified atom stereocenters. The Labute approximate surface area is 92.4 Å². The van der Waals surface area contributed by atoms with Gasteiger partial charge < -0.3 is 10.5 Å². The summed E-state index contributed by atoms with van der Waals surface area (Å²) < 4.78 is 6.77. The molecule has 5 heteroatoms. The van der Waals surface area contributed by atoms with Crippen molar-refractivity contribution < 1.29 is 9.53 Å². The van der Waals surface area contributed by atoms with Gasteiger partial charge in [0.1, 0.15) is 0 Å². The molecule has 82 valence electrons. The van der Waals surface area contributed by atoms with Crippen molar-refractivity contribution in [1.29, 1.82) is 0 Å². The lowest BCUT2D eigenvalue weighted by molar-refractivity contribution is -0.119. The van der Waals surface area contributed by atoms with Crippen LogP contribution in [0, 0.1) is 0 Å². The van der Waals surface area contributed by atoms with E-state index in [2.05, 4.69) is 5.10 Å². The van der Waals surface area contributed by atoms with Crippen molar-refractivity contribution in [2.75, 3.05) is 6.61 Å². The highest BCUT2D eigenvalue weighted by atomic mass is 16.5. The van der Waals surface area contributed by atoms with E-state index in [1.807, 2.05) is 30.3 Å². The SMILES string of the molecule is NC(=O)COc1cnn(-c2ccccc2)c1. The van der Waals surface area contributed by atoms with Crippen LogP contribution in [0.5, 0.6) is 5.75 Å². The highest BCUT2D eigenvalue weighted by Crippen LogP contribution is 2.12. The van der Waals surface area contributed by atoms with Crippen LogP contribution in [-0.4, -0.2) is 22.3 Å². The van der Waals surface area contributed by atoms with Crippen molar-refractivity contribution in [3.63, 3.8) is 0 Å². The van der Waals surface area contributed by atoms with Gasteiger partial charge in [-0.15, -0.1) is 0 Å². The number of carbonyl (C=O) groups is 1. The number of aromatic nitrogens is 2. The Morgan fingerprint density at radius 2 is 2.12 bits per heavy atom. The molecule has 0 saturated heterocycles. The van der Waals surface area contributed by atoms with E-state index in [1.165, 1.54) is 6.20 Å². The van der Waals surface area contributed by atoms with Gasteiger partial charge in [0.2, 0.25) is 0 Å². The Kier molecular flexibility index (Phi) is 2.86. The number of carbonyl (C=O) groups excluding carboxylic acids is 1. The predicted molar refractivity (Wildman–Crippen MR) is 58.3 cm³/mol. The molecule has 0 saturated carbocycles. The van der Waals surface area contributed by atoms with Crippen LogP contribution in [0.2, 0.25) is 0 Å². The van der Waals surface area contributed by atoms with Gasteiger partial charge in [0, 0.05) is 0 Å². The number of amides is 1. The van der Waals surface area contributed by atoms with Gasteiger partial charge in [-0.1, -0.05) is 18.2 Å². The largest absolute Gasteiger partial charge is 0.480 e. The highest BCUT2D eigenvalue weighted by Gasteiger charge is 2.02. The van der Waals surface area contributed by atoms with E-state index in [4.69, 9.17) is 10.5 Å². The summed E-state index contributed by atoms with van der Waals surface area (Å²) >= 11 is 0. The van der Waals surface area contributed by atoms with Crippen LogP contribution in [0.1, 0.15) is 0 Å². The molecule has 5 nitrogen and oxygen atoms in total. The fraction of sp³-hybridized carbons (Fsp3) is 0.0909. The molecule has 1 aromatic heterocycles. The molecular formula is C11H11N3O2. The van der Waals surface area contributed by atoms with E-state index in [-0.39, 0.29) is 6.61 Å². The molecular weight excluding hydrogens is 206 g/mol. The lowest BCUT2D eigenvalue weighted by atomic mass is 10.3. The van der Waals surface area contributed by atoms with E-state index in [0.29, 0.717) is 5.75 Å². The van der Waals surface area contributed by atoms with Gasteiger partial charge in [-0.05, 0) is 12.1 Å². The number of rotatable bonds is 4. The zero-order valence-corrected chi connectivity index (χ0v) is 8.54. The molecule has 1 heterocycles. The van der Waals surface area contributed by atoms with E-state index in [1.54, 1.807) is 10.9 Å². The minimum Gasteiger partial charge on any atom is -0.480 e. The first-order valence-corrected chi connectivity index (χ1v) is 4.77. The molecule has 0 spiro atoms. The lowest BCUT2D eigenvalue weighted by Crippen LogP contribution is -2.19. The molecule has 0 radical (unpaired) electrons. The predicted octanol–water partition coefficient (Wildman–Crippen LogP) is 0.736. The molecule has 0 bridgehead atoms. The second-order valence-electron chi connectivity index (χ2n) is 3.21. The lowest BCUT2D eigenvalue weighted by Gasteiger charge is -1.99. The molecule has 1 amide bonds. The second-order valence-corrected chi connectivity index (χ2v) is 3.21. The molecule has 1 aromatic carbocycles.